The van der Waals surface area contributed by atoms with Crippen LogP contribution in [-0.4, -0.2) is 48.6 Å². The van der Waals surface area contributed by atoms with E-state index in [2.05, 4.69) is 4.98 Å². The molecule has 1 atom stereocenters. The van der Waals surface area contributed by atoms with Crippen LogP contribution in [0.3, 0.4) is 0 Å². The molecule has 28 heavy (non-hydrogen) atoms. The highest BCUT2D eigenvalue weighted by Gasteiger charge is 2.25. The van der Waals surface area contributed by atoms with E-state index in [9.17, 15) is 9.59 Å². The van der Waals surface area contributed by atoms with Gasteiger partial charge in [0.25, 0.3) is 0 Å². The molecule has 2 aromatic rings. The lowest BCUT2D eigenvalue weighted by molar-refractivity contribution is -0.133. The second kappa shape index (κ2) is 11.6. The monoisotopic (exact) mass is 404 g/mol. The Hall–Kier alpha value is -2.25. The van der Waals surface area contributed by atoms with Crippen molar-refractivity contribution in [1.29, 1.82) is 0 Å². The summed E-state index contributed by atoms with van der Waals surface area (Å²) in [5.41, 5.74) is 1.30. The highest BCUT2D eigenvalue weighted by Crippen LogP contribution is 2.24. The highest BCUT2D eigenvalue weighted by molar-refractivity contribution is 7.09. The SMILES string of the molecule is CCOC(=O)c1csc(CN(CCCOC)C(=O)C(CC)c2ccccc2)n1. The van der Waals surface area contributed by atoms with Crippen LogP contribution in [0.15, 0.2) is 35.7 Å². The van der Waals surface area contributed by atoms with Gasteiger partial charge in [0.15, 0.2) is 5.69 Å². The molecule has 0 fully saturated rings. The molecule has 0 bridgehead atoms. The van der Waals surface area contributed by atoms with Crippen LogP contribution in [0.25, 0.3) is 0 Å². The van der Waals surface area contributed by atoms with Gasteiger partial charge in [-0.05, 0) is 25.3 Å². The van der Waals surface area contributed by atoms with Crippen LogP contribution in [0.5, 0.6) is 0 Å². The number of ether oxygens (including phenoxy) is 2. The van der Waals surface area contributed by atoms with Crippen molar-refractivity contribution in [2.75, 3.05) is 26.9 Å². The van der Waals surface area contributed by atoms with Crippen LogP contribution in [0.4, 0.5) is 0 Å². The Bertz CT molecular complexity index is 748. The van der Waals surface area contributed by atoms with Gasteiger partial charge in [-0.15, -0.1) is 11.3 Å². The number of aromatic nitrogens is 1. The molecule has 0 N–H and O–H groups in total. The normalized spacial score (nSPS) is 11.8. The standard InChI is InChI=1S/C21H28N2O4S/c1-4-17(16-10-7-6-8-11-16)20(24)23(12-9-13-26-3)14-19-22-18(15-28-19)21(25)27-5-2/h6-8,10-11,15,17H,4-5,9,12-14H2,1-3H3. The van der Waals surface area contributed by atoms with Crippen LogP contribution in [0, 0.1) is 0 Å². The molecule has 1 aromatic heterocycles. The Morgan fingerprint density at radius 2 is 1.96 bits per heavy atom. The zero-order valence-electron chi connectivity index (χ0n) is 16.7. The molecule has 0 aliphatic heterocycles. The quantitative estimate of drug-likeness (QED) is 0.420. The first-order valence-corrected chi connectivity index (χ1v) is 10.4. The van der Waals surface area contributed by atoms with Gasteiger partial charge in [-0.3, -0.25) is 4.79 Å². The minimum absolute atomic E-state index is 0.0673. The summed E-state index contributed by atoms with van der Waals surface area (Å²) in [6.45, 7) is 5.61. The van der Waals surface area contributed by atoms with Crippen molar-refractivity contribution in [2.45, 2.75) is 39.2 Å². The first kappa shape index (κ1) is 22.0. The van der Waals surface area contributed by atoms with Gasteiger partial charge >= 0.3 is 5.97 Å². The third kappa shape index (κ3) is 6.14. The molecule has 0 spiro atoms. The molecule has 7 heteroatoms. The maximum atomic E-state index is 13.3. The van der Waals surface area contributed by atoms with Gasteiger partial charge in [-0.2, -0.15) is 0 Å². The van der Waals surface area contributed by atoms with Gasteiger partial charge in [-0.1, -0.05) is 37.3 Å². The molecule has 1 unspecified atom stereocenters. The van der Waals surface area contributed by atoms with Crippen LogP contribution in [0.1, 0.15) is 53.7 Å². The molecule has 1 heterocycles. The largest absolute Gasteiger partial charge is 0.461 e. The average molecular weight is 405 g/mol. The smallest absolute Gasteiger partial charge is 0.357 e. The number of rotatable bonds is 11. The van der Waals surface area contributed by atoms with Crippen molar-refractivity contribution < 1.29 is 19.1 Å². The van der Waals surface area contributed by atoms with Gasteiger partial charge < -0.3 is 14.4 Å². The molecule has 0 aliphatic carbocycles. The number of amides is 1. The van der Waals surface area contributed by atoms with Gasteiger partial charge in [-0.25, -0.2) is 9.78 Å². The summed E-state index contributed by atoms with van der Waals surface area (Å²) in [6, 6.07) is 9.83. The Morgan fingerprint density at radius 3 is 2.61 bits per heavy atom. The molecule has 0 saturated heterocycles. The molecule has 152 valence electrons. The fourth-order valence-corrected chi connectivity index (χ4v) is 3.75. The zero-order valence-corrected chi connectivity index (χ0v) is 17.5. The number of esters is 1. The Morgan fingerprint density at radius 1 is 1.21 bits per heavy atom. The predicted molar refractivity (Wildman–Crippen MR) is 109 cm³/mol. The molecular weight excluding hydrogens is 376 g/mol. The number of carbonyl (C=O) groups excluding carboxylic acids is 2. The van der Waals surface area contributed by atoms with Crippen LogP contribution in [-0.2, 0) is 20.8 Å². The van der Waals surface area contributed by atoms with E-state index in [-0.39, 0.29) is 11.8 Å². The molecule has 6 nitrogen and oxygen atoms in total. The summed E-state index contributed by atoms with van der Waals surface area (Å²) in [6.07, 6.45) is 1.46. The van der Waals surface area contributed by atoms with E-state index in [0.717, 1.165) is 23.4 Å². The number of methoxy groups -OCH3 is 1. The molecule has 0 aliphatic rings. The summed E-state index contributed by atoms with van der Waals surface area (Å²) in [5.74, 6) is -0.566. The third-order valence-corrected chi connectivity index (χ3v) is 5.19. The second-order valence-electron chi connectivity index (χ2n) is 6.32. The maximum Gasteiger partial charge on any atom is 0.357 e. The first-order valence-electron chi connectivity index (χ1n) is 9.54. The van der Waals surface area contributed by atoms with Crippen LogP contribution < -0.4 is 0 Å². The fraction of sp³-hybridized carbons (Fsp3) is 0.476. The number of thiazole rings is 1. The van der Waals surface area contributed by atoms with E-state index in [1.165, 1.54) is 11.3 Å². The molecule has 2 rings (SSSR count). The van der Waals surface area contributed by atoms with Crippen LogP contribution >= 0.6 is 11.3 Å². The molecular formula is C21H28N2O4S. The molecule has 0 radical (unpaired) electrons. The zero-order chi connectivity index (χ0) is 20.4. The van der Waals surface area contributed by atoms with Crippen molar-refractivity contribution in [3.05, 3.63) is 52.0 Å². The van der Waals surface area contributed by atoms with Crippen molar-refractivity contribution >= 4 is 23.2 Å². The lowest BCUT2D eigenvalue weighted by atomic mass is 9.95. The lowest BCUT2D eigenvalue weighted by Crippen LogP contribution is -2.36. The summed E-state index contributed by atoms with van der Waals surface area (Å²) in [5, 5.41) is 2.40. The number of benzene rings is 1. The molecule has 1 aromatic carbocycles. The fourth-order valence-electron chi connectivity index (χ4n) is 2.97. The number of carbonyl (C=O) groups is 2. The summed E-state index contributed by atoms with van der Waals surface area (Å²) >= 11 is 1.37. The topological polar surface area (TPSA) is 68.7 Å². The Labute approximate surface area is 170 Å². The average Bonchev–Trinajstić information content (AvgIpc) is 3.18. The Balaban J connectivity index is 2.16. The minimum atomic E-state index is -0.432. The van der Waals surface area contributed by atoms with E-state index < -0.39 is 5.97 Å². The second-order valence-corrected chi connectivity index (χ2v) is 7.27. The number of nitrogens with zero attached hydrogens (tertiary/aromatic N) is 2. The predicted octanol–water partition coefficient (Wildman–Crippen LogP) is 3.88. The van der Waals surface area contributed by atoms with Crippen molar-refractivity contribution in [2.24, 2.45) is 0 Å². The molecule has 0 saturated carbocycles. The first-order chi connectivity index (χ1) is 13.6. The van der Waals surface area contributed by atoms with Gasteiger partial charge in [0.1, 0.15) is 5.01 Å². The highest BCUT2D eigenvalue weighted by atomic mass is 32.1. The van der Waals surface area contributed by atoms with Crippen molar-refractivity contribution in [3.8, 4) is 0 Å². The maximum absolute atomic E-state index is 13.3. The summed E-state index contributed by atoms with van der Waals surface area (Å²) < 4.78 is 10.1. The summed E-state index contributed by atoms with van der Waals surface area (Å²) in [4.78, 5) is 31.3. The van der Waals surface area contributed by atoms with E-state index >= 15 is 0 Å². The lowest BCUT2D eigenvalue weighted by Gasteiger charge is -2.26. The van der Waals surface area contributed by atoms with Crippen molar-refractivity contribution in [1.82, 2.24) is 9.88 Å². The number of hydrogen-bond acceptors (Lipinski definition) is 6. The van der Waals surface area contributed by atoms with E-state index in [1.54, 1.807) is 19.4 Å². The Kier molecular flexibility index (Phi) is 9.10. The van der Waals surface area contributed by atoms with Crippen LogP contribution in [0.2, 0.25) is 0 Å². The van der Waals surface area contributed by atoms with E-state index in [0.29, 0.717) is 32.0 Å². The van der Waals surface area contributed by atoms with Gasteiger partial charge in [0.2, 0.25) is 5.91 Å². The minimum Gasteiger partial charge on any atom is -0.461 e. The van der Waals surface area contributed by atoms with Crippen molar-refractivity contribution in [3.63, 3.8) is 0 Å². The molecule has 1 amide bonds. The van der Waals surface area contributed by atoms with E-state index in [4.69, 9.17) is 9.47 Å². The van der Waals surface area contributed by atoms with E-state index in [1.807, 2.05) is 42.2 Å². The van der Waals surface area contributed by atoms with Gasteiger partial charge in [0, 0.05) is 25.6 Å². The van der Waals surface area contributed by atoms with Gasteiger partial charge in [0.05, 0.1) is 19.1 Å². The summed E-state index contributed by atoms with van der Waals surface area (Å²) in [7, 11) is 1.65. The third-order valence-electron chi connectivity index (χ3n) is 4.36. The number of hydrogen-bond donors (Lipinski definition) is 0.